The number of hydrogen-bond donors (Lipinski definition) is 1. The van der Waals surface area contributed by atoms with Crippen LogP contribution in [0.2, 0.25) is 5.02 Å². The number of benzene rings is 1. The summed E-state index contributed by atoms with van der Waals surface area (Å²) < 4.78 is 0. The lowest BCUT2D eigenvalue weighted by atomic mass is 10.2. The van der Waals surface area contributed by atoms with Crippen molar-refractivity contribution < 1.29 is 9.90 Å². The summed E-state index contributed by atoms with van der Waals surface area (Å²) in [4.78, 5) is 13.9. The van der Waals surface area contributed by atoms with Crippen LogP contribution in [-0.2, 0) is 4.79 Å². The summed E-state index contributed by atoms with van der Waals surface area (Å²) in [5, 5.41) is 9.63. The van der Waals surface area contributed by atoms with Crippen molar-refractivity contribution in [1.82, 2.24) is 4.90 Å². The molecule has 0 saturated carbocycles. The number of nitrogens with zero attached hydrogens (tertiary/aromatic N) is 1. The van der Waals surface area contributed by atoms with Crippen LogP contribution in [0.3, 0.4) is 0 Å². The minimum atomic E-state index is -0.739. The SMILES string of the molecule is CC(CN(C)CCCSc1ccccc1Cl)C(=O)O. The van der Waals surface area contributed by atoms with Gasteiger partial charge >= 0.3 is 5.97 Å². The largest absolute Gasteiger partial charge is 0.481 e. The van der Waals surface area contributed by atoms with Gasteiger partial charge in [0, 0.05) is 11.4 Å². The zero-order valence-electron chi connectivity index (χ0n) is 11.3. The molecule has 1 atom stereocenters. The highest BCUT2D eigenvalue weighted by molar-refractivity contribution is 7.99. The summed E-state index contributed by atoms with van der Waals surface area (Å²) in [5.74, 6) is -0.0753. The first kappa shape index (κ1) is 16.3. The molecule has 0 aliphatic heterocycles. The van der Waals surface area contributed by atoms with Gasteiger partial charge in [-0.05, 0) is 37.9 Å². The topological polar surface area (TPSA) is 40.5 Å². The molecule has 0 amide bonds. The number of carboxylic acids is 1. The fourth-order valence-corrected chi connectivity index (χ4v) is 2.89. The molecule has 0 aromatic heterocycles. The van der Waals surface area contributed by atoms with Crippen LogP contribution in [0, 0.1) is 5.92 Å². The Hall–Kier alpha value is -0.710. The van der Waals surface area contributed by atoms with Crippen LogP contribution in [0.4, 0.5) is 0 Å². The normalized spacial score (nSPS) is 12.6. The first-order valence-corrected chi connectivity index (χ1v) is 7.65. The molecule has 0 aliphatic carbocycles. The number of carboxylic acid groups (broad SMARTS) is 1. The van der Waals surface area contributed by atoms with Crippen LogP contribution in [0.15, 0.2) is 29.2 Å². The van der Waals surface area contributed by atoms with Crippen molar-refractivity contribution in [1.29, 1.82) is 0 Å². The number of aliphatic carboxylic acids is 1. The van der Waals surface area contributed by atoms with Gasteiger partial charge in [-0.25, -0.2) is 0 Å². The van der Waals surface area contributed by atoms with Crippen LogP contribution >= 0.6 is 23.4 Å². The van der Waals surface area contributed by atoms with E-state index in [1.807, 2.05) is 31.3 Å². The molecule has 19 heavy (non-hydrogen) atoms. The van der Waals surface area contributed by atoms with Crippen LogP contribution in [0.5, 0.6) is 0 Å². The van der Waals surface area contributed by atoms with Gasteiger partial charge < -0.3 is 10.0 Å². The number of thioether (sulfide) groups is 1. The molecule has 1 unspecified atom stereocenters. The minimum absolute atomic E-state index is 0.318. The first-order chi connectivity index (χ1) is 9.00. The van der Waals surface area contributed by atoms with Gasteiger partial charge in [-0.2, -0.15) is 0 Å². The number of carbonyl (C=O) groups is 1. The van der Waals surface area contributed by atoms with Crippen molar-refractivity contribution in [2.45, 2.75) is 18.2 Å². The van der Waals surface area contributed by atoms with Crippen molar-refractivity contribution in [3.63, 3.8) is 0 Å². The molecule has 1 rings (SSSR count). The average molecular weight is 302 g/mol. The molecule has 1 aromatic carbocycles. The fraction of sp³-hybridized carbons (Fsp3) is 0.500. The van der Waals surface area contributed by atoms with Gasteiger partial charge in [0.05, 0.1) is 10.9 Å². The van der Waals surface area contributed by atoms with Crippen LogP contribution < -0.4 is 0 Å². The maximum absolute atomic E-state index is 10.7. The van der Waals surface area contributed by atoms with Crippen molar-refractivity contribution in [3.05, 3.63) is 29.3 Å². The summed E-state index contributed by atoms with van der Waals surface area (Å²) in [6.07, 6.45) is 1.01. The molecule has 106 valence electrons. The predicted octanol–water partition coefficient (Wildman–Crippen LogP) is 3.47. The van der Waals surface area contributed by atoms with Gasteiger partial charge in [0.2, 0.25) is 0 Å². The third-order valence-corrected chi connectivity index (χ3v) is 4.39. The molecule has 1 N–H and O–H groups in total. The number of hydrogen-bond acceptors (Lipinski definition) is 3. The van der Waals surface area contributed by atoms with E-state index in [-0.39, 0.29) is 5.92 Å². The molecule has 0 bridgehead atoms. The molecule has 0 saturated heterocycles. The highest BCUT2D eigenvalue weighted by atomic mass is 35.5. The van der Waals surface area contributed by atoms with E-state index in [0.717, 1.165) is 28.6 Å². The van der Waals surface area contributed by atoms with Crippen LogP contribution in [-0.4, -0.2) is 41.9 Å². The maximum atomic E-state index is 10.7. The third kappa shape index (κ3) is 6.32. The second-order valence-electron chi connectivity index (χ2n) is 4.63. The summed E-state index contributed by atoms with van der Waals surface area (Å²) in [5.41, 5.74) is 0. The molecule has 3 nitrogen and oxygen atoms in total. The van der Waals surface area contributed by atoms with Gasteiger partial charge in [-0.3, -0.25) is 4.79 Å². The van der Waals surface area contributed by atoms with Crippen molar-refractivity contribution >= 4 is 29.3 Å². The number of rotatable bonds is 8. The Kier molecular flexibility index (Phi) is 7.28. The van der Waals surface area contributed by atoms with Crippen LogP contribution in [0.25, 0.3) is 0 Å². The highest BCUT2D eigenvalue weighted by Crippen LogP contribution is 2.26. The van der Waals surface area contributed by atoms with Crippen molar-refractivity contribution in [2.75, 3.05) is 25.9 Å². The average Bonchev–Trinajstić information content (AvgIpc) is 2.36. The summed E-state index contributed by atoms with van der Waals surface area (Å²) in [6.45, 7) is 3.22. The molecule has 0 heterocycles. The van der Waals surface area contributed by atoms with Gasteiger partial charge in [-0.1, -0.05) is 30.7 Å². The Morgan fingerprint density at radius 3 is 2.79 bits per heavy atom. The molecule has 0 fully saturated rings. The van der Waals surface area contributed by atoms with E-state index in [0.29, 0.717) is 6.54 Å². The lowest BCUT2D eigenvalue weighted by Gasteiger charge is -2.18. The summed E-state index contributed by atoms with van der Waals surface area (Å²) in [7, 11) is 1.96. The lowest BCUT2D eigenvalue weighted by Crippen LogP contribution is -2.29. The van der Waals surface area contributed by atoms with E-state index in [2.05, 4.69) is 4.90 Å². The quantitative estimate of drug-likeness (QED) is 0.589. The first-order valence-electron chi connectivity index (χ1n) is 6.29. The molecule has 1 aromatic rings. The van der Waals surface area contributed by atoms with E-state index < -0.39 is 5.97 Å². The zero-order valence-corrected chi connectivity index (χ0v) is 12.9. The Labute approximate surface area is 123 Å². The van der Waals surface area contributed by atoms with Gasteiger partial charge in [-0.15, -0.1) is 11.8 Å². The molecule has 0 spiro atoms. The lowest BCUT2D eigenvalue weighted by molar-refractivity contribution is -0.141. The molecular formula is C14H20ClNO2S. The van der Waals surface area contributed by atoms with Gasteiger partial charge in [0.1, 0.15) is 0 Å². The van der Waals surface area contributed by atoms with E-state index in [1.165, 1.54) is 0 Å². The highest BCUT2D eigenvalue weighted by Gasteiger charge is 2.13. The van der Waals surface area contributed by atoms with E-state index in [1.54, 1.807) is 18.7 Å². The smallest absolute Gasteiger partial charge is 0.307 e. The van der Waals surface area contributed by atoms with E-state index in [4.69, 9.17) is 16.7 Å². The Balaban J connectivity index is 2.20. The van der Waals surface area contributed by atoms with Crippen molar-refractivity contribution in [3.8, 4) is 0 Å². The summed E-state index contributed by atoms with van der Waals surface area (Å²) in [6, 6.07) is 7.82. The predicted molar refractivity (Wildman–Crippen MR) is 81.1 cm³/mol. The van der Waals surface area contributed by atoms with Gasteiger partial charge in [0.15, 0.2) is 0 Å². The third-order valence-electron chi connectivity index (χ3n) is 2.79. The second kappa shape index (κ2) is 8.46. The Bertz CT molecular complexity index is 414. The zero-order chi connectivity index (χ0) is 14.3. The number of halogens is 1. The maximum Gasteiger partial charge on any atom is 0.307 e. The van der Waals surface area contributed by atoms with Gasteiger partial charge in [0.25, 0.3) is 0 Å². The Morgan fingerprint density at radius 2 is 2.16 bits per heavy atom. The second-order valence-corrected chi connectivity index (χ2v) is 6.18. The molecule has 5 heteroatoms. The van der Waals surface area contributed by atoms with E-state index >= 15 is 0 Å². The monoisotopic (exact) mass is 301 g/mol. The van der Waals surface area contributed by atoms with E-state index in [9.17, 15) is 4.79 Å². The standard InChI is InChI=1S/C14H20ClNO2S/c1-11(14(17)18)10-16(2)8-5-9-19-13-7-4-3-6-12(13)15/h3-4,6-7,11H,5,8-10H2,1-2H3,(H,17,18). The fourth-order valence-electron chi connectivity index (χ4n) is 1.72. The van der Waals surface area contributed by atoms with Crippen molar-refractivity contribution in [2.24, 2.45) is 5.92 Å². The molecule has 0 aliphatic rings. The molecular weight excluding hydrogens is 282 g/mol. The van der Waals surface area contributed by atoms with Crippen LogP contribution in [0.1, 0.15) is 13.3 Å². The summed E-state index contributed by atoms with van der Waals surface area (Å²) >= 11 is 7.81. The molecule has 0 radical (unpaired) electrons. The minimum Gasteiger partial charge on any atom is -0.481 e. The Morgan fingerprint density at radius 1 is 1.47 bits per heavy atom.